The maximum atomic E-state index is 13.4. The molecule has 2 saturated heterocycles. The Balaban J connectivity index is 1.55. The molecule has 4 rings (SSSR count). The van der Waals surface area contributed by atoms with Crippen LogP contribution >= 0.6 is 0 Å². The quantitative estimate of drug-likeness (QED) is 0.751. The van der Waals surface area contributed by atoms with Crippen molar-refractivity contribution in [3.05, 3.63) is 53.9 Å². The number of ether oxygens (including phenoxy) is 1. The topological polar surface area (TPSA) is 67.7 Å². The maximum absolute atomic E-state index is 13.4. The summed E-state index contributed by atoms with van der Waals surface area (Å²) in [5, 5.41) is 4.24. The average molecular weight is 396 g/mol. The fourth-order valence-corrected chi connectivity index (χ4v) is 4.68. The van der Waals surface area contributed by atoms with Crippen LogP contribution in [0.3, 0.4) is 0 Å². The van der Waals surface area contributed by atoms with Crippen molar-refractivity contribution in [1.82, 2.24) is 19.6 Å². The summed E-state index contributed by atoms with van der Waals surface area (Å²) in [6.07, 6.45) is 6.91. The standard InChI is InChI=1S/C22H28N4O3/c1-29-15-14-24-11-3-8-22(21(24)28)9-4-13-26(22)20(27)19-7-2-6-18(16-19)17-25-12-5-10-23-25/h2,5-7,10,12,16H,3-4,8-9,11,13-15,17H2,1H3. The number of hydrogen-bond donors (Lipinski definition) is 0. The molecular weight excluding hydrogens is 368 g/mol. The van der Waals surface area contributed by atoms with Gasteiger partial charge in [0, 0.05) is 44.7 Å². The van der Waals surface area contributed by atoms with Gasteiger partial charge in [-0.1, -0.05) is 12.1 Å². The molecule has 0 bridgehead atoms. The van der Waals surface area contributed by atoms with Crippen LogP contribution in [0, 0.1) is 0 Å². The predicted octanol–water partition coefficient (Wildman–Crippen LogP) is 2.18. The zero-order chi connectivity index (χ0) is 20.3. The van der Waals surface area contributed by atoms with Crippen molar-refractivity contribution in [3.8, 4) is 0 Å². The number of rotatable bonds is 6. The first kappa shape index (κ1) is 19.6. The number of carbonyl (C=O) groups is 2. The Kier molecular flexibility index (Phi) is 5.67. The van der Waals surface area contributed by atoms with Gasteiger partial charge in [0.15, 0.2) is 0 Å². The van der Waals surface area contributed by atoms with Crippen molar-refractivity contribution in [3.63, 3.8) is 0 Å². The molecule has 0 aliphatic carbocycles. The first-order valence-corrected chi connectivity index (χ1v) is 10.3. The van der Waals surface area contributed by atoms with E-state index in [-0.39, 0.29) is 11.8 Å². The van der Waals surface area contributed by atoms with Gasteiger partial charge in [-0.2, -0.15) is 5.10 Å². The minimum absolute atomic E-state index is 0.0493. The van der Waals surface area contributed by atoms with Crippen LogP contribution in [0.25, 0.3) is 0 Å². The molecule has 0 N–H and O–H groups in total. The molecule has 2 aromatic rings. The highest BCUT2D eigenvalue weighted by atomic mass is 16.5. The Labute approximate surface area is 171 Å². The van der Waals surface area contributed by atoms with E-state index in [1.807, 2.05) is 51.0 Å². The predicted molar refractivity (Wildman–Crippen MR) is 108 cm³/mol. The van der Waals surface area contributed by atoms with E-state index in [1.54, 1.807) is 13.3 Å². The lowest BCUT2D eigenvalue weighted by Crippen LogP contribution is -2.61. The van der Waals surface area contributed by atoms with Crippen LogP contribution in [0.4, 0.5) is 0 Å². The zero-order valence-electron chi connectivity index (χ0n) is 16.9. The number of nitrogens with zero attached hydrogens (tertiary/aromatic N) is 4. The Morgan fingerprint density at radius 1 is 1.21 bits per heavy atom. The molecule has 0 radical (unpaired) electrons. The summed E-state index contributed by atoms with van der Waals surface area (Å²) in [6.45, 7) is 3.09. The molecule has 2 fully saturated rings. The molecule has 1 atom stereocenters. The second kappa shape index (κ2) is 8.37. The summed E-state index contributed by atoms with van der Waals surface area (Å²) >= 11 is 0. The number of hydrogen-bond acceptors (Lipinski definition) is 4. The van der Waals surface area contributed by atoms with Gasteiger partial charge in [-0.25, -0.2) is 0 Å². The van der Waals surface area contributed by atoms with E-state index in [2.05, 4.69) is 5.10 Å². The Morgan fingerprint density at radius 3 is 2.79 bits per heavy atom. The second-order valence-corrected chi connectivity index (χ2v) is 7.88. The van der Waals surface area contributed by atoms with Crippen LogP contribution < -0.4 is 0 Å². The molecule has 1 unspecified atom stereocenters. The molecule has 7 heteroatoms. The molecule has 2 aliphatic heterocycles. The minimum atomic E-state index is -0.693. The van der Waals surface area contributed by atoms with Crippen molar-refractivity contribution < 1.29 is 14.3 Å². The largest absolute Gasteiger partial charge is 0.383 e. The first-order valence-electron chi connectivity index (χ1n) is 10.3. The summed E-state index contributed by atoms with van der Waals surface area (Å²) in [5.74, 6) is 0.0334. The van der Waals surface area contributed by atoms with E-state index in [4.69, 9.17) is 4.74 Å². The van der Waals surface area contributed by atoms with E-state index in [0.29, 0.717) is 31.8 Å². The smallest absolute Gasteiger partial charge is 0.254 e. The third-order valence-electron chi connectivity index (χ3n) is 6.08. The molecule has 1 aromatic heterocycles. The van der Waals surface area contributed by atoms with E-state index in [9.17, 15) is 9.59 Å². The maximum Gasteiger partial charge on any atom is 0.254 e. The number of aromatic nitrogens is 2. The lowest BCUT2D eigenvalue weighted by atomic mass is 9.85. The van der Waals surface area contributed by atoms with Crippen LogP contribution in [0.15, 0.2) is 42.7 Å². The van der Waals surface area contributed by atoms with Gasteiger partial charge in [0.25, 0.3) is 5.91 Å². The third kappa shape index (κ3) is 3.79. The van der Waals surface area contributed by atoms with E-state index < -0.39 is 5.54 Å². The highest BCUT2D eigenvalue weighted by Gasteiger charge is 2.52. The normalized spacial score (nSPS) is 21.9. The van der Waals surface area contributed by atoms with Crippen LogP contribution in [-0.2, 0) is 16.1 Å². The minimum Gasteiger partial charge on any atom is -0.383 e. The van der Waals surface area contributed by atoms with E-state index >= 15 is 0 Å². The molecule has 29 heavy (non-hydrogen) atoms. The van der Waals surface area contributed by atoms with Crippen LogP contribution in [0.5, 0.6) is 0 Å². The monoisotopic (exact) mass is 396 g/mol. The van der Waals surface area contributed by atoms with Gasteiger partial charge in [-0.3, -0.25) is 14.3 Å². The molecule has 1 aromatic carbocycles. The zero-order valence-corrected chi connectivity index (χ0v) is 16.9. The number of benzene rings is 1. The summed E-state index contributed by atoms with van der Waals surface area (Å²) in [4.78, 5) is 30.5. The fourth-order valence-electron chi connectivity index (χ4n) is 4.68. The molecule has 0 saturated carbocycles. The SMILES string of the molecule is COCCN1CCCC2(CCCN2C(=O)c2cccc(Cn3cccn3)c2)C1=O. The number of carbonyl (C=O) groups excluding carboxylic acids is 2. The van der Waals surface area contributed by atoms with Gasteiger partial charge in [0.1, 0.15) is 5.54 Å². The fraction of sp³-hybridized carbons (Fsp3) is 0.500. The molecule has 2 aliphatic rings. The lowest BCUT2D eigenvalue weighted by Gasteiger charge is -2.44. The van der Waals surface area contributed by atoms with Crippen LogP contribution in [0.2, 0.25) is 0 Å². The molecule has 3 heterocycles. The van der Waals surface area contributed by atoms with Crippen molar-refractivity contribution in [2.75, 3.05) is 33.4 Å². The van der Waals surface area contributed by atoms with E-state index in [1.165, 1.54) is 0 Å². The van der Waals surface area contributed by atoms with Gasteiger partial charge in [-0.15, -0.1) is 0 Å². The number of methoxy groups -OCH3 is 1. The number of piperidine rings is 1. The van der Waals surface area contributed by atoms with Gasteiger partial charge < -0.3 is 14.5 Å². The molecule has 1 spiro atoms. The highest BCUT2D eigenvalue weighted by Crippen LogP contribution is 2.39. The van der Waals surface area contributed by atoms with Crippen molar-refractivity contribution in [2.24, 2.45) is 0 Å². The number of amides is 2. The average Bonchev–Trinajstić information content (AvgIpc) is 3.39. The van der Waals surface area contributed by atoms with Gasteiger partial charge >= 0.3 is 0 Å². The molecule has 2 amide bonds. The summed E-state index contributed by atoms with van der Waals surface area (Å²) in [6, 6.07) is 9.55. The van der Waals surface area contributed by atoms with Crippen molar-refractivity contribution in [1.29, 1.82) is 0 Å². The Morgan fingerprint density at radius 2 is 2.03 bits per heavy atom. The first-order chi connectivity index (χ1) is 14.1. The molecule has 154 valence electrons. The summed E-state index contributed by atoms with van der Waals surface area (Å²) in [7, 11) is 1.64. The van der Waals surface area contributed by atoms with Gasteiger partial charge in [0.05, 0.1) is 13.2 Å². The highest BCUT2D eigenvalue weighted by molar-refractivity contribution is 6.00. The molecular formula is C22H28N4O3. The van der Waals surface area contributed by atoms with Crippen LogP contribution in [0.1, 0.15) is 41.6 Å². The Bertz CT molecular complexity index is 867. The van der Waals surface area contributed by atoms with Gasteiger partial charge in [-0.05, 0) is 49.4 Å². The third-order valence-corrected chi connectivity index (χ3v) is 6.08. The van der Waals surface area contributed by atoms with Gasteiger partial charge in [0.2, 0.25) is 5.91 Å². The second-order valence-electron chi connectivity index (χ2n) is 7.88. The molecule has 7 nitrogen and oxygen atoms in total. The summed E-state index contributed by atoms with van der Waals surface area (Å²) in [5.41, 5.74) is 0.961. The van der Waals surface area contributed by atoms with Crippen molar-refractivity contribution >= 4 is 11.8 Å². The number of likely N-dealkylation sites (tertiary alicyclic amines) is 2. The Hall–Kier alpha value is -2.67. The van der Waals surface area contributed by atoms with Crippen LogP contribution in [-0.4, -0.2) is 70.3 Å². The van der Waals surface area contributed by atoms with Crippen molar-refractivity contribution in [2.45, 2.75) is 37.8 Å². The van der Waals surface area contributed by atoms with E-state index in [0.717, 1.165) is 37.8 Å². The summed E-state index contributed by atoms with van der Waals surface area (Å²) < 4.78 is 6.99. The lowest BCUT2D eigenvalue weighted by molar-refractivity contribution is -0.146.